The van der Waals surface area contributed by atoms with Crippen LogP contribution in [0.2, 0.25) is 0 Å². The molecule has 3 atom stereocenters. The lowest BCUT2D eigenvalue weighted by Crippen LogP contribution is -2.44. The first kappa shape index (κ1) is 34.6. The molecule has 1 aliphatic heterocycles. The number of allylic oxidation sites excluding steroid dienone is 1. The molecule has 1 saturated heterocycles. The lowest BCUT2D eigenvalue weighted by atomic mass is 9.97. The van der Waals surface area contributed by atoms with E-state index in [1.807, 2.05) is 35.5 Å². The van der Waals surface area contributed by atoms with Gasteiger partial charge in [0.15, 0.2) is 0 Å². The molecule has 1 unspecified atom stereocenters. The van der Waals surface area contributed by atoms with Crippen molar-refractivity contribution in [1.29, 1.82) is 0 Å². The fraction of sp³-hybridized carbons (Fsp3) is 0.390. The van der Waals surface area contributed by atoms with Crippen LogP contribution in [0.15, 0.2) is 91.5 Å². The number of methoxy groups -OCH3 is 1. The zero-order chi connectivity index (χ0) is 34.5. The molecule has 258 valence electrons. The predicted octanol–water partition coefficient (Wildman–Crippen LogP) is 8.49. The summed E-state index contributed by atoms with van der Waals surface area (Å²) in [6.07, 6.45) is 9.11. The van der Waals surface area contributed by atoms with Crippen molar-refractivity contribution in [3.8, 4) is 5.75 Å². The van der Waals surface area contributed by atoms with Crippen LogP contribution in [0.4, 0.5) is 20.2 Å². The summed E-state index contributed by atoms with van der Waals surface area (Å²) in [6, 6.07) is 17.8. The smallest absolute Gasteiger partial charge is 0.128 e. The second kappa shape index (κ2) is 15.5. The maximum atomic E-state index is 15.8. The van der Waals surface area contributed by atoms with Gasteiger partial charge in [-0.2, -0.15) is 0 Å². The van der Waals surface area contributed by atoms with Crippen LogP contribution in [-0.2, 0) is 12.8 Å². The molecular formula is C41H49F2N5O. The summed E-state index contributed by atoms with van der Waals surface area (Å²) >= 11 is 0. The summed E-state index contributed by atoms with van der Waals surface area (Å²) in [6.45, 7) is 14.1. The third-order valence-electron chi connectivity index (χ3n) is 10.5. The van der Waals surface area contributed by atoms with Gasteiger partial charge in [-0.05, 0) is 116 Å². The Kier molecular flexibility index (Phi) is 11.0. The molecule has 2 fully saturated rings. The summed E-state index contributed by atoms with van der Waals surface area (Å²) in [4.78, 5) is 11.5. The van der Waals surface area contributed by atoms with Gasteiger partial charge in [-0.25, -0.2) is 8.78 Å². The van der Waals surface area contributed by atoms with Crippen molar-refractivity contribution >= 4 is 22.3 Å². The van der Waals surface area contributed by atoms with Gasteiger partial charge in [0.1, 0.15) is 17.4 Å². The lowest BCUT2D eigenvalue weighted by molar-refractivity contribution is 0.152. The maximum Gasteiger partial charge on any atom is 0.128 e. The number of nitrogens with one attached hydrogen (secondary N) is 1. The summed E-state index contributed by atoms with van der Waals surface area (Å²) in [5, 5.41) is 4.48. The average molecular weight is 666 g/mol. The number of aryl methyl sites for hydroxylation is 1. The molecule has 0 bridgehead atoms. The monoisotopic (exact) mass is 665 g/mol. The van der Waals surface area contributed by atoms with E-state index in [1.165, 1.54) is 12.1 Å². The number of hydrogen-bond donors (Lipinski definition) is 1. The Morgan fingerprint density at radius 3 is 2.39 bits per heavy atom. The summed E-state index contributed by atoms with van der Waals surface area (Å²) in [5.41, 5.74) is 6.14. The Bertz CT molecular complexity index is 1780. The molecule has 1 N–H and O–H groups in total. The number of likely N-dealkylation sites (N-methyl/N-ethyl adjacent to an activating group) is 1. The molecular weight excluding hydrogens is 616 g/mol. The van der Waals surface area contributed by atoms with Crippen molar-refractivity contribution in [2.24, 2.45) is 17.8 Å². The van der Waals surface area contributed by atoms with Gasteiger partial charge in [0, 0.05) is 79.6 Å². The van der Waals surface area contributed by atoms with Gasteiger partial charge >= 0.3 is 0 Å². The highest BCUT2D eigenvalue weighted by atomic mass is 19.1. The standard InChI is InChI=1S/C41H49F2N5O/c1-6-48(35-14-11-33(42)12-15-35)27-39(41-28(2)29(41)3)45-34-13-10-31(37(43)25-34)23-30-16-17-44-38-24-32(40(49-5)26-36(30)38)9-7-8-18-47-21-19-46(4)20-22-47/h6,10-17,24-29,41,45H,1,7-9,18-23H2,2-5H3/b39-27+/t28-,29+,41?. The molecule has 6 rings (SSSR count). The Morgan fingerprint density at radius 2 is 1.71 bits per heavy atom. The van der Waals surface area contributed by atoms with Gasteiger partial charge in [0.05, 0.1) is 12.6 Å². The summed E-state index contributed by atoms with van der Waals surface area (Å²) < 4.78 is 35.2. The van der Waals surface area contributed by atoms with Crippen molar-refractivity contribution in [2.75, 3.05) is 57.1 Å². The van der Waals surface area contributed by atoms with Gasteiger partial charge in [-0.1, -0.05) is 26.5 Å². The number of anilines is 2. The maximum absolute atomic E-state index is 15.8. The Balaban J connectivity index is 1.16. The molecule has 0 amide bonds. The van der Waals surface area contributed by atoms with Crippen LogP contribution in [-0.4, -0.2) is 61.7 Å². The molecule has 2 heterocycles. The molecule has 0 spiro atoms. The van der Waals surface area contributed by atoms with Crippen LogP contribution in [0.5, 0.6) is 5.75 Å². The van der Waals surface area contributed by atoms with E-state index < -0.39 is 0 Å². The molecule has 1 aromatic heterocycles. The van der Waals surface area contributed by atoms with E-state index in [4.69, 9.17) is 4.74 Å². The topological polar surface area (TPSA) is 43.9 Å². The van der Waals surface area contributed by atoms with Crippen LogP contribution >= 0.6 is 0 Å². The number of hydrogen-bond acceptors (Lipinski definition) is 6. The highest BCUT2D eigenvalue weighted by molar-refractivity contribution is 5.85. The molecule has 1 saturated carbocycles. The third kappa shape index (κ3) is 8.31. The number of fused-ring (bicyclic) bond motifs is 1. The van der Waals surface area contributed by atoms with E-state index in [2.05, 4.69) is 59.7 Å². The fourth-order valence-electron chi connectivity index (χ4n) is 7.10. The first-order chi connectivity index (χ1) is 23.7. The van der Waals surface area contributed by atoms with Crippen LogP contribution < -0.4 is 15.0 Å². The Morgan fingerprint density at radius 1 is 0.959 bits per heavy atom. The number of halogens is 2. The SMILES string of the molecule is C=CN(/C=C(/Nc1ccc(Cc2ccnc3cc(CCCCN4CCN(C)CC4)c(OC)cc23)c(F)c1)C1[C@@H](C)[C@H]1C)c1ccc(F)cc1. The third-order valence-corrected chi connectivity index (χ3v) is 10.5. The highest BCUT2D eigenvalue weighted by Crippen LogP contribution is 2.50. The zero-order valence-corrected chi connectivity index (χ0v) is 29.3. The number of rotatable bonds is 14. The summed E-state index contributed by atoms with van der Waals surface area (Å²) in [7, 11) is 3.91. The minimum Gasteiger partial charge on any atom is -0.496 e. The van der Waals surface area contributed by atoms with Crippen molar-refractivity contribution in [2.45, 2.75) is 39.5 Å². The number of aromatic nitrogens is 1. The molecule has 49 heavy (non-hydrogen) atoms. The number of piperazine rings is 1. The average Bonchev–Trinajstić information content (AvgIpc) is 3.71. The Labute approximate surface area is 290 Å². The first-order valence-electron chi connectivity index (χ1n) is 17.5. The first-order valence-corrected chi connectivity index (χ1v) is 17.5. The van der Waals surface area contributed by atoms with Crippen LogP contribution in [0.25, 0.3) is 10.9 Å². The van der Waals surface area contributed by atoms with Crippen LogP contribution in [0, 0.1) is 29.4 Å². The minimum atomic E-state index is -0.290. The molecule has 3 aromatic carbocycles. The zero-order valence-electron chi connectivity index (χ0n) is 29.3. The number of benzene rings is 3. The molecule has 6 nitrogen and oxygen atoms in total. The predicted molar refractivity (Wildman–Crippen MR) is 197 cm³/mol. The Hall–Kier alpha value is -4.27. The molecule has 4 aromatic rings. The van der Waals surface area contributed by atoms with Crippen molar-refractivity contribution in [1.82, 2.24) is 14.8 Å². The largest absolute Gasteiger partial charge is 0.496 e. The van der Waals surface area contributed by atoms with Crippen LogP contribution in [0.1, 0.15) is 43.4 Å². The summed E-state index contributed by atoms with van der Waals surface area (Å²) in [5.74, 6) is 1.57. The molecule has 8 heteroatoms. The minimum absolute atomic E-state index is 0.269. The second-order valence-corrected chi connectivity index (χ2v) is 13.8. The van der Waals surface area contributed by atoms with E-state index in [-0.39, 0.29) is 11.6 Å². The van der Waals surface area contributed by atoms with E-state index in [0.717, 1.165) is 91.2 Å². The van der Waals surface area contributed by atoms with E-state index in [1.54, 1.807) is 31.5 Å². The van der Waals surface area contributed by atoms with E-state index in [0.29, 0.717) is 35.4 Å². The molecule has 2 aliphatic rings. The number of ether oxygens (including phenoxy) is 1. The highest BCUT2D eigenvalue weighted by Gasteiger charge is 2.45. The van der Waals surface area contributed by atoms with Crippen molar-refractivity contribution < 1.29 is 13.5 Å². The molecule has 1 aliphatic carbocycles. The number of nitrogens with zero attached hydrogens (tertiary/aromatic N) is 4. The van der Waals surface area contributed by atoms with Gasteiger partial charge < -0.3 is 24.8 Å². The van der Waals surface area contributed by atoms with Gasteiger partial charge in [0.25, 0.3) is 0 Å². The van der Waals surface area contributed by atoms with Gasteiger partial charge in [-0.3, -0.25) is 4.98 Å². The van der Waals surface area contributed by atoms with Gasteiger partial charge in [0.2, 0.25) is 0 Å². The second-order valence-electron chi connectivity index (χ2n) is 13.8. The van der Waals surface area contributed by atoms with E-state index >= 15 is 4.39 Å². The van der Waals surface area contributed by atoms with E-state index in [9.17, 15) is 4.39 Å². The lowest BCUT2D eigenvalue weighted by Gasteiger charge is -2.32. The fourth-order valence-corrected chi connectivity index (χ4v) is 7.10. The number of unbranched alkanes of at least 4 members (excludes halogenated alkanes) is 1. The van der Waals surface area contributed by atoms with Crippen molar-refractivity contribution in [3.05, 3.63) is 120 Å². The normalized spacial score (nSPS) is 20.0. The van der Waals surface area contributed by atoms with Crippen LogP contribution in [0.3, 0.4) is 0 Å². The van der Waals surface area contributed by atoms with Crippen molar-refractivity contribution in [3.63, 3.8) is 0 Å². The van der Waals surface area contributed by atoms with Gasteiger partial charge in [-0.15, -0.1) is 0 Å². The molecule has 0 radical (unpaired) electrons. The number of pyridine rings is 1. The quantitative estimate of drug-likeness (QED) is 0.136.